The summed E-state index contributed by atoms with van der Waals surface area (Å²) in [4.78, 5) is 1.46. The van der Waals surface area contributed by atoms with Crippen LogP contribution in [0.5, 0.6) is 0 Å². The van der Waals surface area contributed by atoms with Crippen LogP contribution in [0.2, 0.25) is 0 Å². The van der Waals surface area contributed by atoms with E-state index in [-0.39, 0.29) is 0 Å². The summed E-state index contributed by atoms with van der Waals surface area (Å²) >= 11 is 4.92. The average molecular weight is 395 g/mol. The highest BCUT2D eigenvalue weighted by Gasteiger charge is 2.30. The zero-order valence-electron chi connectivity index (χ0n) is 12.7. The number of rotatable bonds is 5. The molecule has 120 valence electrons. The van der Waals surface area contributed by atoms with Gasteiger partial charge in [-0.2, -0.15) is 4.31 Å². The monoisotopic (exact) mass is 394 g/mol. The van der Waals surface area contributed by atoms with Gasteiger partial charge in [-0.15, -0.1) is 11.3 Å². The molecule has 0 spiro atoms. The second-order valence-corrected chi connectivity index (χ2v) is 10.3. The van der Waals surface area contributed by atoms with Gasteiger partial charge >= 0.3 is 0 Å². The first kappa shape index (κ1) is 17.4. The van der Waals surface area contributed by atoms with Crippen LogP contribution in [0.25, 0.3) is 0 Å². The van der Waals surface area contributed by atoms with E-state index in [2.05, 4.69) is 42.0 Å². The van der Waals surface area contributed by atoms with Gasteiger partial charge in [0.05, 0.1) is 3.79 Å². The van der Waals surface area contributed by atoms with Crippen LogP contribution in [0.3, 0.4) is 0 Å². The van der Waals surface area contributed by atoms with E-state index in [1.165, 1.54) is 11.3 Å². The molecule has 0 aromatic carbocycles. The van der Waals surface area contributed by atoms with E-state index in [9.17, 15) is 8.42 Å². The number of nitrogens with zero attached hydrogens (tertiary/aromatic N) is 1. The van der Waals surface area contributed by atoms with Crippen molar-refractivity contribution in [3.05, 3.63) is 14.7 Å². The number of nitrogens with one attached hydrogen (secondary N) is 1. The molecule has 0 amide bonds. The van der Waals surface area contributed by atoms with Crippen LogP contribution in [0, 0.1) is 5.92 Å². The molecule has 1 aromatic heterocycles. The van der Waals surface area contributed by atoms with Crippen LogP contribution in [0.15, 0.2) is 14.7 Å². The summed E-state index contributed by atoms with van der Waals surface area (Å²) in [7, 11) is -3.36. The molecule has 1 fully saturated rings. The lowest BCUT2D eigenvalue weighted by Gasteiger charge is -2.29. The van der Waals surface area contributed by atoms with Gasteiger partial charge in [-0.05, 0) is 40.8 Å². The minimum absolute atomic E-state index is 0.384. The third-order valence-electron chi connectivity index (χ3n) is 3.75. The number of halogens is 1. The van der Waals surface area contributed by atoms with Crippen molar-refractivity contribution >= 4 is 37.3 Å². The fourth-order valence-electron chi connectivity index (χ4n) is 2.33. The van der Waals surface area contributed by atoms with E-state index < -0.39 is 10.0 Å². The molecule has 1 aromatic rings. The molecule has 1 saturated heterocycles. The molecule has 2 heterocycles. The first-order valence-corrected chi connectivity index (χ1v) is 10.4. The Morgan fingerprint density at radius 3 is 2.62 bits per heavy atom. The minimum atomic E-state index is -3.36. The molecule has 1 aliphatic heterocycles. The number of thiophene rings is 1. The highest BCUT2D eigenvalue weighted by Crippen LogP contribution is 2.34. The van der Waals surface area contributed by atoms with E-state index in [1.54, 1.807) is 10.4 Å². The van der Waals surface area contributed by atoms with Gasteiger partial charge < -0.3 is 5.32 Å². The lowest BCUT2D eigenvalue weighted by molar-refractivity contribution is 0.288. The van der Waals surface area contributed by atoms with Crippen molar-refractivity contribution in [3.63, 3.8) is 0 Å². The van der Waals surface area contributed by atoms with Crippen molar-refractivity contribution in [1.82, 2.24) is 9.62 Å². The van der Waals surface area contributed by atoms with Crippen LogP contribution in [-0.4, -0.2) is 31.9 Å². The third-order valence-corrected chi connectivity index (χ3v) is 7.90. The maximum absolute atomic E-state index is 12.7. The number of sulfonamides is 1. The van der Waals surface area contributed by atoms with Gasteiger partial charge in [-0.1, -0.05) is 20.8 Å². The topological polar surface area (TPSA) is 49.4 Å². The average Bonchev–Trinajstić information content (AvgIpc) is 2.79. The van der Waals surface area contributed by atoms with Gasteiger partial charge in [0.2, 0.25) is 10.0 Å². The standard InChI is InChI=1S/C14H23BrN2O2S2/c1-10(2)16-9-12-8-13(14(15)20-12)21(18,19)17-6-4-11(3)5-7-17/h8,10-11,16H,4-7,9H2,1-3H3. The molecule has 1 N–H and O–H groups in total. The van der Waals surface area contributed by atoms with Crippen molar-refractivity contribution in [3.8, 4) is 0 Å². The Hall–Kier alpha value is 0.0500. The van der Waals surface area contributed by atoms with Gasteiger partial charge in [-0.25, -0.2) is 8.42 Å². The zero-order chi connectivity index (χ0) is 15.6. The Morgan fingerprint density at radius 2 is 2.05 bits per heavy atom. The molecule has 21 heavy (non-hydrogen) atoms. The highest BCUT2D eigenvalue weighted by molar-refractivity contribution is 9.11. The Bertz CT molecular complexity index is 576. The van der Waals surface area contributed by atoms with Gasteiger partial charge in [0.15, 0.2) is 0 Å². The van der Waals surface area contributed by atoms with Gasteiger partial charge in [0, 0.05) is 30.6 Å². The smallest absolute Gasteiger partial charge is 0.245 e. The first-order chi connectivity index (χ1) is 9.80. The number of piperidine rings is 1. The van der Waals surface area contributed by atoms with Crippen LogP contribution < -0.4 is 5.32 Å². The largest absolute Gasteiger partial charge is 0.310 e. The Morgan fingerprint density at radius 1 is 1.43 bits per heavy atom. The normalized spacial score (nSPS) is 18.5. The van der Waals surface area contributed by atoms with Crippen molar-refractivity contribution in [2.24, 2.45) is 5.92 Å². The Balaban J connectivity index is 2.16. The van der Waals surface area contributed by atoms with E-state index in [4.69, 9.17) is 0 Å². The fourth-order valence-corrected chi connectivity index (χ4v) is 6.38. The van der Waals surface area contributed by atoms with Crippen LogP contribution in [0.1, 0.15) is 38.5 Å². The molecule has 7 heteroatoms. The van der Waals surface area contributed by atoms with Crippen molar-refractivity contribution in [2.75, 3.05) is 13.1 Å². The minimum Gasteiger partial charge on any atom is -0.310 e. The maximum Gasteiger partial charge on any atom is 0.245 e. The molecule has 1 aliphatic rings. The molecule has 2 rings (SSSR count). The Kier molecular flexibility index (Phi) is 5.87. The predicted molar refractivity (Wildman–Crippen MR) is 91.2 cm³/mol. The third kappa shape index (κ3) is 4.28. The summed E-state index contributed by atoms with van der Waals surface area (Å²) in [6, 6.07) is 2.19. The van der Waals surface area contributed by atoms with E-state index in [0.29, 0.717) is 40.3 Å². The molecular formula is C14H23BrN2O2S2. The number of hydrogen-bond acceptors (Lipinski definition) is 4. The van der Waals surface area contributed by atoms with Crippen molar-refractivity contribution in [2.45, 2.75) is 51.1 Å². The SMILES string of the molecule is CC1CCN(S(=O)(=O)c2cc(CNC(C)C)sc2Br)CC1. The van der Waals surface area contributed by atoms with E-state index in [1.807, 2.05) is 0 Å². The summed E-state index contributed by atoms with van der Waals surface area (Å²) in [6.07, 6.45) is 1.89. The van der Waals surface area contributed by atoms with Crippen molar-refractivity contribution in [1.29, 1.82) is 0 Å². The summed E-state index contributed by atoms with van der Waals surface area (Å²) in [5, 5.41) is 3.32. The van der Waals surface area contributed by atoms with Gasteiger partial charge in [-0.3, -0.25) is 0 Å². The lowest BCUT2D eigenvalue weighted by atomic mass is 10.0. The van der Waals surface area contributed by atoms with Gasteiger partial charge in [0.25, 0.3) is 0 Å². The lowest BCUT2D eigenvalue weighted by Crippen LogP contribution is -2.37. The maximum atomic E-state index is 12.7. The molecule has 0 radical (unpaired) electrons. The predicted octanol–water partition coefficient (Wildman–Crippen LogP) is 3.43. The van der Waals surface area contributed by atoms with E-state index >= 15 is 0 Å². The fraction of sp³-hybridized carbons (Fsp3) is 0.714. The van der Waals surface area contributed by atoms with E-state index in [0.717, 1.165) is 17.7 Å². The van der Waals surface area contributed by atoms with Crippen molar-refractivity contribution < 1.29 is 8.42 Å². The molecule has 0 saturated carbocycles. The molecule has 4 nitrogen and oxygen atoms in total. The number of hydrogen-bond donors (Lipinski definition) is 1. The van der Waals surface area contributed by atoms with Crippen LogP contribution >= 0.6 is 27.3 Å². The van der Waals surface area contributed by atoms with Crippen LogP contribution in [-0.2, 0) is 16.6 Å². The zero-order valence-corrected chi connectivity index (χ0v) is 15.9. The summed E-state index contributed by atoms with van der Waals surface area (Å²) in [6.45, 7) is 8.30. The quantitative estimate of drug-likeness (QED) is 0.831. The summed E-state index contributed by atoms with van der Waals surface area (Å²) in [5.41, 5.74) is 0. The summed E-state index contributed by atoms with van der Waals surface area (Å²) in [5.74, 6) is 0.619. The summed E-state index contributed by atoms with van der Waals surface area (Å²) < 4.78 is 27.8. The van der Waals surface area contributed by atoms with Gasteiger partial charge in [0.1, 0.15) is 4.90 Å². The second-order valence-electron chi connectivity index (χ2n) is 5.97. The highest BCUT2D eigenvalue weighted by atomic mass is 79.9. The molecule has 0 bridgehead atoms. The molecule has 0 atom stereocenters. The van der Waals surface area contributed by atoms with Crippen LogP contribution in [0.4, 0.5) is 0 Å². The Labute approximate surface area is 140 Å². The molecule has 0 aliphatic carbocycles. The molecule has 0 unspecified atom stereocenters. The molecular weight excluding hydrogens is 372 g/mol. The second kappa shape index (κ2) is 7.08. The first-order valence-electron chi connectivity index (χ1n) is 7.32.